The summed E-state index contributed by atoms with van der Waals surface area (Å²) in [5.41, 5.74) is 17.4. The summed E-state index contributed by atoms with van der Waals surface area (Å²) < 4.78 is 84.6. The molecule has 31 heteroatoms. The number of piperazine rings is 2. The van der Waals surface area contributed by atoms with Crippen LogP contribution in [0.25, 0.3) is 77.3 Å². The van der Waals surface area contributed by atoms with E-state index in [-0.39, 0.29) is 17.6 Å². The molecule has 19 nitrogen and oxygen atoms in total. The van der Waals surface area contributed by atoms with Crippen molar-refractivity contribution in [2.75, 3.05) is 152 Å². The van der Waals surface area contributed by atoms with Crippen molar-refractivity contribution in [2.45, 2.75) is 154 Å². The summed E-state index contributed by atoms with van der Waals surface area (Å²) in [6.45, 7) is 28.7. The summed E-state index contributed by atoms with van der Waals surface area (Å²) in [5, 5.41) is 49.8. The van der Waals surface area contributed by atoms with Gasteiger partial charge in [0.2, 0.25) is 0 Å². The molecule has 5 atom stereocenters. The first-order chi connectivity index (χ1) is 67.5. The van der Waals surface area contributed by atoms with Gasteiger partial charge in [0.25, 0.3) is 0 Å². The van der Waals surface area contributed by atoms with Crippen molar-refractivity contribution in [1.82, 2.24) is 49.8 Å². The highest BCUT2D eigenvalue weighted by molar-refractivity contribution is 6.33. The predicted octanol–water partition coefficient (Wildman–Crippen LogP) is 25.6. The Morgan fingerprint density at radius 1 is 0.521 bits per heavy atom. The normalized spacial score (nSPS) is 15.8. The van der Waals surface area contributed by atoms with Gasteiger partial charge in [0.15, 0.2) is 0 Å². The third-order valence-corrected chi connectivity index (χ3v) is 27.5. The summed E-state index contributed by atoms with van der Waals surface area (Å²) in [5.74, 6) is 0.842. The number of ether oxygens (including phenoxy) is 1. The molecule has 746 valence electrons. The van der Waals surface area contributed by atoms with Gasteiger partial charge in [-0.15, -0.1) is 0 Å². The highest BCUT2D eigenvalue weighted by atomic mass is 35.5. The Hall–Kier alpha value is -9.49. The minimum Gasteiger partial charge on any atom is -0.497 e. The quantitative estimate of drug-likeness (QED) is 0.0190. The Morgan fingerprint density at radius 2 is 1.09 bits per heavy atom. The van der Waals surface area contributed by atoms with Crippen molar-refractivity contribution in [1.29, 1.82) is 0 Å². The molecule has 17 rings (SSSR count). The fourth-order valence-corrected chi connectivity index (χ4v) is 19.7. The number of nitrogens with zero attached hydrogens (tertiary/aromatic N) is 11. The first-order valence-corrected chi connectivity index (χ1v) is 50.9. The van der Waals surface area contributed by atoms with Crippen LogP contribution >= 0.6 is 69.6 Å². The average molecular weight is 2040 g/mol. The molecule has 3 saturated heterocycles. The molecule has 3 aliphatic heterocycles. The Balaban J connectivity index is 0.000000150. The van der Waals surface area contributed by atoms with Crippen molar-refractivity contribution in [3.63, 3.8) is 0 Å². The van der Waals surface area contributed by atoms with Gasteiger partial charge in [0.05, 0.1) is 64.8 Å². The molecule has 0 radical (unpaired) electrons. The smallest absolute Gasteiger partial charge is 0.433 e. The summed E-state index contributed by atoms with van der Waals surface area (Å²) in [6, 6.07) is 53.6. The number of aromatic nitrogens is 5. The molecule has 0 bridgehead atoms. The fraction of sp³-hybridized carbons (Fsp3) is 0.404. The Bertz CT molecular complexity index is 6140. The summed E-state index contributed by atoms with van der Waals surface area (Å²) in [7, 11) is 1.68. The Labute approximate surface area is 847 Å². The van der Waals surface area contributed by atoms with Gasteiger partial charge in [-0.25, -0.2) is 4.98 Å². The number of nitrogens with two attached hydrogens (primary N) is 1. The molecule has 1 aliphatic carbocycles. The molecule has 3 fully saturated rings. The van der Waals surface area contributed by atoms with Crippen molar-refractivity contribution >= 4 is 159 Å². The SMILES string of the molecule is CCCCN(CCCC)CC(O)c1cc(Cl)cc2c1-c1ccc(Cl)cc1/C2=C/c1ccc(Cl)cc1.CCN(CCO)CCCC(C)Nc1ccnc2cc(Cl)ccc12.COc1cc(NC(C)CCCN)c2ncccc2c1.Clc1ccc2c(N3CCN(CCCN4CCN(c5ccnc6cc(Cl)ccc56)CC4)CC3)ccnc2c1.OC(c1cc(C(F)(F)F)nc2c(C(F)(F)F)cccc12)C1CCCCN1. The number of aliphatic hydroxyl groups is 3. The van der Waals surface area contributed by atoms with Gasteiger partial charge in [-0.1, -0.05) is 146 Å². The van der Waals surface area contributed by atoms with E-state index in [4.69, 9.17) is 85.2 Å². The molecule has 8 aromatic carbocycles. The summed E-state index contributed by atoms with van der Waals surface area (Å²) in [6.07, 6.45) is 9.90. The predicted molar refractivity (Wildman–Crippen MR) is 567 cm³/mol. The van der Waals surface area contributed by atoms with Crippen LogP contribution in [0.4, 0.5) is 49.1 Å². The van der Waals surface area contributed by atoms with Crippen LogP contribution in [0.2, 0.25) is 30.1 Å². The van der Waals surface area contributed by atoms with E-state index in [0.717, 1.165) is 274 Å². The number of pyridine rings is 5. The number of fused-ring (bicyclic) bond motifs is 8. The number of para-hydroxylation sites is 1. The van der Waals surface area contributed by atoms with Crippen LogP contribution < -0.4 is 36.2 Å². The van der Waals surface area contributed by atoms with E-state index in [1.165, 1.54) is 34.6 Å². The molecule has 4 aliphatic rings. The van der Waals surface area contributed by atoms with Crippen LogP contribution in [0.5, 0.6) is 5.75 Å². The zero-order chi connectivity index (χ0) is 99.6. The molecule has 0 saturated carbocycles. The minimum absolute atomic E-state index is 0.132. The van der Waals surface area contributed by atoms with Gasteiger partial charge in [-0.05, 0) is 308 Å². The van der Waals surface area contributed by atoms with E-state index in [1.54, 1.807) is 7.11 Å². The number of alkyl halides is 6. The monoisotopic (exact) mass is 2030 g/mol. The Morgan fingerprint density at radius 3 is 1.66 bits per heavy atom. The highest BCUT2D eigenvalue weighted by Crippen LogP contribution is 2.51. The minimum atomic E-state index is -4.93. The number of halogens is 12. The molecule has 13 aromatic rings. The van der Waals surface area contributed by atoms with Crippen LogP contribution in [-0.4, -0.2) is 209 Å². The molecule has 5 unspecified atom stereocenters. The Kier molecular flexibility index (Phi) is 40.2. The molecule has 0 amide bonds. The number of unbranched alkanes of at least 4 members (excludes halogenated alkanes) is 2. The first kappa shape index (κ1) is 108. The van der Waals surface area contributed by atoms with Gasteiger partial charge in [-0.2, -0.15) is 26.3 Å². The van der Waals surface area contributed by atoms with Crippen LogP contribution in [0, 0.1) is 0 Å². The number of hydrogen-bond acceptors (Lipinski definition) is 19. The van der Waals surface area contributed by atoms with Crippen LogP contribution in [0.15, 0.2) is 201 Å². The molecule has 5 aromatic heterocycles. The third kappa shape index (κ3) is 29.4. The molecule has 8 N–H and O–H groups in total. The number of rotatable bonds is 33. The summed E-state index contributed by atoms with van der Waals surface area (Å²) >= 11 is 37.5. The maximum atomic E-state index is 13.2. The van der Waals surface area contributed by atoms with E-state index in [0.29, 0.717) is 63.8 Å². The van der Waals surface area contributed by atoms with Crippen molar-refractivity contribution in [2.24, 2.45) is 5.73 Å². The molecular formula is C109H127Cl6F6N15O4. The fourth-order valence-electron chi connectivity index (χ4n) is 18.7. The number of anilines is 4. The number of piperidine rings is 1. The molecule has 140 heavy (non-hydrogen) atoms. The number of nitrogens with one attached hydrogen (secondary N) is 3. The highest BCUT2D eigenvalue weighted by Gasteiger charge is 2.40. The van der Waals surface area contributed by atoms with E-state index >= 15 is 0 Å². The van der Waals surface area contributed by atoms with Gasteiger partial charge in [0, 0.05) is 189 Å². The van der Waals surface area contributed by atoms with Crippen LogP contribution in [0.3, 0.4) is 0 Å². The van der Waals surface area contributed by atoms with Gasteiger partial charge in [-0.3, -0.25) is 29.7 Å². The first-order valence-electron chi connectivity index (χ1n) is 48.6. The number of likely N-dealkylation sites (N-methyl/N-ethyl adjacent to an activating group) is 1. The van der Waals surface area contributed by atoms with E-state index in [1.807, 2.05) is 146 Å². The van der Waals surface area contributed by atoms with Gasteiger partial charge in [0.1, 0.15) is 11.4 Å². The van der Waals surface area contributed by atoms with Crippen molar-refractivity contribution < 1.29 is 46.4 Å². The standard InChI is InChI=1S/C30H32Cl3NO.C29H32Cl2N6.C18H26ClN3O.C17H16F6N2O.C15H21N3O/c1-3-5-13-34(14-6-4-2)19-29(35)28-18-23(33)17-27-25(15-20-7-9-21(31)10-8-20)26-16-22(32)11-12-24(26)30(27)28;30-22-2-4-24-26(20-22)32-8-6-28(24)36-16-12-34(13-17-36)10-1-11-35-14-18-37(19-15-35)29-7-9-33-27-21-23(31)3-5-25(27)29;1-3-22(11-12-23)10-4-5-14(2)21-17-8-9-20-18-13-15(19)6-7-16(17)18;18-16(19,20)11-5-3-4-9-10(15(26)12-6-1-2-7-24-12)8-13(17(21,22)23)25-14(9)11;1-11(5-3-7-16)18-14-10-13(19-2)9-12-6-4-8-17-15(12)14/h7-12,15-18,29,35H,3-6,13-14,19H2,1-2H3;2-9,20-21H,1,10-19H2;6-9,13-14,23H,3-5,10-12H2,1-2H3,(H,20,21);3-5,8,12,15,24,26H,1-2,6-7H2;4,6,8-11,18H,3,5,7,16H2,1-2H3/b25-15-;;;;. The van der Waals surface area contributed by atoms with Crippen LogP contribution in [-0.2, 0) is 12.4 Å². The lowest BCUT2D eigenvalue weighted by molar-refractivity contribution is -0.142. The van der Waals surface area contributed by atoms with E-state index < -0.39 is 47.4 Å². The van der Waals surface area contributed by atoms with Gasteiger partial charge < -0.3 is 61.3 Å². The summed E-state index contributed by atoms with van der Waals surface area (Å²) in [4.78, 5) is 35.9. The lowest BCUT2D eigenvalue weighted by Gasteiger charge is -2.38. The second-order valence-corrected chi connectivity index (χ2v) is 38.7. The zero-order valence-corrected chi connectivity index (χ0v) is 84.8. The molecule has 8 heterocycles. The number of aliphatic hydroxyl groups excluding tert-OH is 3. The molecule has 0 spiro atoms. The zero-order valence-electron chi connectivity index (χ0n) is 80.2. The van der Waals surface area contributed by atoms with Gasteiger partial charge >= 0.3 is 12.4 Å². The van der Waals surface area contributed by atoms with Crippen molar-refractivity contribution in [3.8, 4) is 16.9 Å². The van der Waals surface area contributed by atoms with Crippen molar-refractivity contribution in [3.05, 3.63) is 270 Å². The van der Waals surface area contributed by atoms with E-state index in [2.05, 4.69) is 141 Å². The number of methoxy groups -OCH3 is 1. The number of hydrogen-bond donors (Lipinski definition) is 7. The average Bonchev–Trinajstić information content (AvgIpc) is 1.53. The maximum absolute atomic E-state index is 13.2. The topological polar surface area (TPSA) is 216 Å². The lowest BCUT2D eigenvalue weighted by atomic mass is 9.91. The second-order valence-electron chi connectivity index (χ2n) is 36.1. The number of benzene rings is 8. The largest absolute Gasteiger partial charge is 0.497 e. The van der Waals surface area contributed by atoms with Crippen LogP contribution in [0.1, 0.15) is 163 Å². The van der Waals surface area contributed by atoms with E-state index in [9.17, 15) is 36.6 Å². The maximum Gasteiger partial charge on any atom is 0.433 e. The molecular weight excluding hydrogens is 1910 g/mol. The lowest BCUT2D eigenvalue weighted by Crippen LogP contribution is -2.48. The second kappa shape index (κ2) is 52.2. The third-order valence-electron chi connectivity index (χ3n) is 26.1.